The van der Waals surface area contributed by atoms with Crippen molar-refractivity contribution in [1.82, 2.24) is 10.6 Å². The van der Waals surface area contributed by atoms with Gasteiger partial charge in [0.1, 0.15) is 0 Å². The van der Waals surface area contributed by atoms with Gasteiger partial charge in [0, 0.05) is 19.7 Å². The fraction of sp³-hybridized carbons (Fsp3) is 0.917. The topological polar surface area (TPSA) is 45.7 Å². The van der Waals surface area contributed by atoms with Gasteiger partial charge in [-0.2, -0.15) is 0 Å². The summed E-state index contributed by atoms with van der Waals surface area (Å²) in [5, 5.41) is 6.54. The standard InChI is InChI=1S/C12H25N3O.HI/c1-4-8-14-11(13-5-2)15-10-12(3)7-6-9-16-12;/h4-10H2,1-3H3,(H2,13,14,15);1H. The van der Waals surface area contributed by atoms with Crippen molar-refractivity contribution in [2.24, 2.45) is 4.99 Å². The molecule has 4 nitrogen and oxygen atoms in total. The van der Waals surface area contributed by atoms with Crippen molar-refractivity contribution in [3.05, 3.63) is 0 Å². The molecule has 0 saturated carbocycles. The minimum absolute atomic E-state index is 0. The Balaban J connectivity index is 0.00000256. The molecule has 1 atom stereocenters. The molecule has 0 spiro atoms. The van der Waals surface area contributed by atoms with Crippen LogP contribution in [0.15, 0.2) is 4.99 Å². The van der Waals surface area contributed by atoms with Gasteiger partial charge < -0.3 is 15.4 Å². The Morgan fingerprint density at radius 3 is 2.65 bits per heavy atom. The summed E-state index contributed by atoms with van der Waals surface area (Å²) in [4.78, 5) is 4.57. The van der Waals surface area contributed by atoms with Gasteiger partial charge in [0.05, 0.1) is 12.1 Å². The van der Waals surface area contributed by atoms with Gasteiger partial charge in [0.25, 0.3) is 0 Å². The van der Waals surface area contributed by atoms with Gasteiger partial charge >= 0.3 is 0 Å². The maximum absolute atomic E-state index is 5.71. The van der Waals surface area contributed by atoms with E-state index in [4.69, 9.17) is 4.74 Å². The van der Waals surface area contributed by atoms with Crippen LogP contribution in [0, 0.1) is 0 Å². The van der Waals surface area contributed by atoms with Gasteiger partial charge in [-0.3, -0.25) is 4.99 Å². The number of hydrogen-bond acceptors (Lipinski definition) is 2. The zero-order chi connectivity index (χ0) is 11.9. The van der Waals surface area contributed by atoms with E-state index in [1.165, 1.54) is 0 Å². The lowest BCUT2D eigenvalue weighted by Gasteiger charge is -2.21. The molecule has 2 N–H and O–H groups in total. The molecular formula is C12H26IN3O. The fourth-order valence-corrected chi connectivity index (χ4v) is 1.79. The van der Waals surface area contributed by atoms with Crippen molar-refractivity contribution in [3.63, 3.8) is 0 Å². The number of rotatable bonds is 5. The van der Waals surface area contributed by atoms with Crippen LogP contribution < -0.4 is 10.6 Å². The van der Waals surface area contributed by atoms with Crippen LogP contribution in [0.5, 0.6) is 0 Å². The molecule has 1 rings (SSSR count). The van der Waals surface area contributed by atoms with Crippen LogP contribution in [0.1, 0.15) is 40.0 Å². The van der Waals surface area contributed by atoms with Crippen molar-refractivity contribution < 1.29 is 4.74 Å². The Labute approximate surface area is 122 Å². The number of nitrogens with one attached hydrogen (secondary N) is 2. The maximum Gasteiger partial charge on any atom is 0.191 e. The zero-order valence-corrected chi connectivity index (χ0v) is 13.5. The SMILES string of the molecule is CCCNC(=NCC1(C)CCCO1)NCC.I. The summed E-state index contributed by atoms with van der Waals surface area (Å²) in [5.74, 6) is 0.904. The van der Waals surface area contributed by atoms with Crippen molar-refractivity contribution in [2.45, 2.75) is 45.6 Å². The summed E-state index contributed by atoms with van der Waals surface area (Å²) in [5.41, 5.74) is -0.0471. The molecule has 1 saturated heterocycles. The van der Waals surface area contributed by atoms with E-state index in [2.05, 4.69) is 36.4 Å². The van der Waals surface area contributed by atoms with Gasteiger partial charge in [-0.1, -0.05) is 6.92 Å². The molecule has 0 radical (unpaired) electrons. The van der Waals surface area contributed by atoms with E-state index < -0.39 is 0 Å². The van der Waals surface area contributed by atoms with E-state index in [9.17, 15) is 0 Å². The lowest BCUT2D eigenvalue weighted by Crippen LogP contribution is -2.39. The average Bonchev–Trinajstić information content (AvgIpc) is 2.70. The highest BCUT2D eigenvalue weighted by Gasteiger charge is 2.29. The normalized spacial score (nSPS) is 24.3. The largest absolute Gasteiger partial charge is 0.373 e. The Kier molecular flexibility index (Phi) is 8.94. The van der Waals surface area contributed by atoms with Gasteiger partial charge in [0.15, 0.2) is 5.96 Å². The van der Waals surface area contributed by atoms with Crippen LogP contribution in [0.25, 0.3) is 0 Å². The monoisotopic (exact) mass is 355 g/mol. The Bertz CT molecular complexity index is 228. The van der Waals surface area contributed by atoms with E-state index in [-0.39, 0.29) is 29.6 Å². The summed E-state index contributed by atoms with van der Waals surface area (Å²) in [6.45, 7) is 9.86. The summed E-state index contributed by atoms with van der Waals surface area (Å²) >= 11 is 0. The molecule has 0 aromatic rings. The van der Waals surface area contributed by atoms with E-state index in [0.29, 0.717) is 0 Å². The molecule has 17 heavy (non-hydrogen) atoms. The van der Waals surface area contributed by atoms with Crippen molar-refractivity contribution in [2.75, 3.05) is 26.2 Å². The number of hydrogen-bond donors (Lipinski definition) is 2. The predicted molar refractivity (Wildman–Crippen MR) is 83.3 cm³/mol. The molecule has 1 heterocycles. The van der Waals surface area contributed by atoms with Gasteiger partial charge in [0.2, 0.25) is 0 Å². The molecule has 0 aromatic carbocycles. The first-order valence-electron chi connectivity index (χ1n) is 6.36. The highest BCUT2D eigenvalue weighted by Crippen LogP contribution is 2.24. The zero-order valence-electron chi connectivity index (χ0n) is 11.2. The summed E-state index contributed by atoms with van der Waals surface area (Å²) in [6, 6.07) is 0. The average molecular weight is 355 g/mol. The highest BCUT2D eigenvalue weighted by atomic mass is 127. The van der Waals surface area contributed by atoms with E-state index >= 15 is 0 Å². The van der Waals surface area contributed by atoms with Crippen LogP contribution >= 0.6 is 24.0 Å². The molecule has 1 aliphatic rings. The maximum atomic E-state index is 5.71. The molecule has 102 valence electrons. The number of aliphatic imine (C=N–C) groups is 1. The second-order valence-electron chi connectivity index (χ2n) is 4.52. The summed E-state index contributed by atoms with van der Waals surface area (Å²) < 4.78 is 5.71. The quantitative estimate of drug-likeness (QED) is 0.451. The minimum Gasteiger partial charge on any atom is -0.373 e. The van der Waals surface area contributed by atoms with E-state index in [0.717, 1.165) is 51.5 Å². The van der Waals surface area contributed by atoms with E-state index in [1.54, 1.807) is 0 Å². The summed E-state index contributed by atoms with van der Waals surface area (Å²) in [6.07, 6.45) is 3.38. The highest BCUT2D eigenvalue weighted by molar-refractivity contribution is 14.0. The van der Waals surface area contributed by atoms with Crippen LogP contribution in [0.4, 0.5) is 0 Å². The van der Waals surface area contributed by atoms with Crippen molar-refractivity contribution >= 4 is 29.9 Å². The molecule has 1 aliphatic heterocycles. The second-order valence-corrected chi connectivity index (χ2v) is 4.52. The molecule has 0 aromatic heterocycles. The first-order valence-corrected chi connectivity index (χ1v) is 6.36. The fourth-order valence-electron chi connectivity index (χ4n) is 1.79. The molecule has 0 aliphatic carbocycles. The first-order chi connectivity index (χ1) is 7.70. The number of ether oxygens (including phenoxy) is 1. The smallest absolute Gasteiger partial charge is 0.191 e. The minimum atomic E-state index is -0.0471. The number of halogens is 1. The van der Waals surface area contributed by atoms with Crippen LogP contribution in [0.2, 0.25) is 0 Å². The van der Waals surface area contributed by atoms with Crippen LogP contribution in [0.3, 0.4) is 0 Å². The second kappa shape index (κ2) is 8.97. The van der Waals surface area contributed by atoms with Gasteiger partial charge in [-0.25, -0.2) is 0 Å². The lowest BCUT2D eigenvalue weighted by molar-refractivity contribution is 0.0283. The third kappa shape index (κ3) is 6.45. The summed E-state index contributed by atoms with van der Waals surface area (Å²) in [7, 11) is 0. The van der Waals surface area contributed by atoms with Gasteiger partial charge in [-0.05, 0) is 33.1 Å². The lowest BCUT2D eigenvalue weighted by atomic mass is 10.0. The molecule has 0 bridgehead atoms. The molecule has 0 amide bonds. The Morgan fingerprint density at radius 2 is 2.12 bits per heavy atom. The van der Waals surface area contributed by atoms with Gasteiger partial charge in [-0.15, -0.1) is 24.0 Å². The molecule has 5 heteroatoms. The third-order valence-corrected chi connectivity index (χ3v) is 2.76. The first kappa shape index (κ1) is 17.0. The molecule has 1 unspecified atom stereocenters. The number of nitrogens with zero attached hydrogens (tertiary/aromatic N) is 1. The van der Waals surface area contributed by atoms with E-state index in [1.807, 2.05) is 0 Å². The van der Waals surface area contributed by atoms with Crippen LogP contribution in [-0.2, 0) is 4.74 Å². The molecular weight excluding hydrogens is 329 g/mol. The molecule has 1 fully saturated rings. The Hall–Kier alpha value is -0.0400. The Morgan fingerprint density at radius 1 is 1.35 bits per heavy atom. The van der Waals surface area contributed by atoms with Crippen molar-refractivity contribution in [1.29, 1.82) is 0 Å². The van der Waals surface area contributed by atoms with Crippen LogP contribution in [-0.4, -0.2) is 37.8 Å². The predicted octanol–water partition coefficient (Wildman–Crippen LogP) is 2.14. The van der Waals surface area contributed by atoms with Crippen molar-refractivity contribution in [3.8, 4) is 0 Å². The number of guanidine groups is 1. The third-order valence-electron chi connectivity index (χ3n) is 2.76.